The molecule has 3 aliphatic heterocycles. The summed E-state index contributed by atoms with van der Waals surface area (Å²) in [7, 11) is -2.91. The molecular formula is C32H44ClFN4O6S. The van der Waals surface area contributed by atoms with Crippen LogP contribution in [0.25, 0.3) is 0 Å². The molecule has 3 aliphatic rings. The van der Waals surface area contributed by atoms with Gasteiger partial charge in [0.1, 0.15) is 11.9 Å². The Balaban J connectivity index is 1.35. The van der Waals surface area contributed by atoms with Gasteiger partial charge in [0.2, 0.25) is 5.91 Å². The molecule has 6 atom stereocenters. The fourth-order valence-corrected chi connectivity index (χ4v) is 8.83. The van der Waals surface area contributed by atoms with Crippen LogP contribution in [0.5, 0.6) is 0 Å². The number of piperazine rings is 1. The minimum Gasteiger partial charge on any atom is -0.465 e. The summed E-state index contributed by atoms with van der Waals surface area (Å²) in [5.41, 5.74) is 1.29. The molecule has 3 saturated heterocycles. The lowest BCUT2D eigenvalue weighted by atomic mass is 9.85. The second-order valence-electron chi connectivity index (χ2n) is 12.3. The molecule has 2 amide bonds. The first-order chi connectivity index (χ1) is 21.6. The summed E-state index contributed by atoms with van der Waals surface area (Å²) in [5.74, 6) is -1.31. The van der Waals surface area contributed by atoms with Gasteiger partial charge in [-0.25, -0.2) is 13.5 Å². The molecule has 13 heteroatoms. The van der Waals surface area contributed by atoms with E-state index in [0.717, 1.165) is 37.7 Å². The topological polar surface area (TPSA) is 143 Å². The van der Waals surface area contributed by atoms with Gasteiger partial charge < -0.3 is 25.8 Å². The minimum absolute atomic E-state index is 0.0316. The molecule has 3 heterocycles. The third-order valence-electron chi connectivity index (χ3n) is 9.24. The van der Waals surface area contributed by atoms with Gasteiger partial charge in [-0.1, -0.05) is 29.8 Å². The number of benzene rings is 2. The van der Waals surface area contributed by atoms with Gasteiger partial charge in [-0.05, 0) is 87.6 Å². The lowest BCUT2D eigenvalue weighted by Crippen LogP contribution is -2.55. The summed E-state index contributed by atoms with van der Waals surface area (Å²) in [6.07, 6.45) is 5.07. The van der Waals surface area contributed by atoms with Crippen molar-refractivity contribution in [2.45, 2.75) is 87.9 Å². The van der Waals surface area contributed by atoms with Crippen molar-refractivity contribution in [1.29, 1.82) is 0 Å². The predicted octanol–water partition coefficient (Wildman–Crippen LogP) is 6.22. The van der Waals surface area contributed by atoms with Gasteiger partial charge >= 0.3 is 6.09 Å². The van der Waals surface area contributed by atoms with E-state index >= 15 is 4.39 Å². The van der Waals surface area contributed by atoms with Crippen molar-refractivity contribution in [2.24, 2.45) is 0 Å². The number of hydrogen-bond acceptors (Lipinski definition) is 7. The molecule has 2 bridgehead atoms. The Labute approximate surface area is 270 Å². The Hall–Kier alpha value is -2.45. The SMILES string of the molecule is O=C(O)N[C@@H](C(=O)Nc1cccc(F)c1CCC1CNC2CCCS(O)(O)N1C2)[C@H](CCC1CCCCO1)c1ccc(Cl)cc1. The first kappa shape index (κ1) is 33.9. The molecular weight excluding hydrogens is 623 g/mol. The van der Waals surface area contributed by atoms with E-state index in [9.17, 15) is 23.8 Å². The smallest absolute Gasteiger partial charge is 0.405 e. The molecule has 6 N–H and O–H groups in total. The summed E-state index contributed by atoms with van der Waals surface area (Å²) in [6.45, 7) is 1.76. The number of carbonyl (C=O) groups excluding carboxylic acids is 1. The maximum Gasteiger partial charge on any atom is 0.405 e. The number of rotatable bonds is 11. The zero-order valence-electron chi connectivity index (χ0n) is 25.3. The number of nitrogens with zero attached hydrogens (tertiary/aromatic N) is 1. The number of hydrogen-bond donors (Lipinski definition) is 6. The van der Waals surface area contributed by atoms with E-state index in [2.05, 4.69) is 16.0 Å². The second-order valence-corrected chi connectivity index (χ2v) is 14.9. The molecule has 0 aliphatic carbocycles. The number of fused-ring (bicyclic) bond motifs is 2. The van der Waals surface area contributed by atoms with E-state index in [1.54, 1.807) is 34.6 Å². The molecule has 0 saturated carbocycles. The normalized spacial score (nSPS) is 26.6. The number of carboxylic acid groups (broad SMARTS) is 1. The quantitative estimate of drug-likeness (QED) is 0.166. The average molecular weight is 667 g/mol. The number of anilines is 1. The Bertz CT molecular complexity index is 1320. The molecule has 10 nitrogen and oxygen atoms in total. The van der Waals surface area contributed by atoms with Crippen molar-refractivity contribution in [3.05, 3.63) is 64.4 Å². The number of halogens is 2. The maximum atomic E-state index is 15.3. The van der Waals surface area contributed by atoms with E-state index in [4.69, 9.17) is 16.3 Å². The fourth-order valence-electron chi connectivity index (χ4n) is 6.84. The van der Waals surface area contributed by atoms with E-state index in [-0.39, 0.29) is 35.9 Å². The lowest BCUT2D eigenvalue weighted by molar-refractivity contribution is -0.118. The fraction of sp³-hybridized carbons (Fsp3) is 0.562. The monoisotopic (exact) mass is 666 g/mol. The Morgan fingerprint density at radius 3 is 2.64 bits per heavy atom. The number of ether oxygens (including phenoxy) is 1. The maximum absolute atomic E-state index is 15.3. The van der Waals surface area contributed by atoms with Crippen molar-refractivity contribution in [1.82, 2.24) is 14.9 Å². The van der Waals surface area contributed by atoms with Gasteiger partial charge in [0.25, 0.3) is 0 Å². The summed E-state index contributed by atoms with van der Waals surface area (Å²) in [5, 5.41) is 19.0. The van der Waals surface area contributed by atoms with Gasteiger partial charge in [0.15, 0.2) is 0 Å². The van der Waals surface area contributed by atoms with Crippen LogP contribution in [-0.2, 0) is 16.0 Å². The highest BCUT2D eigenvalue weighted by Gasteiger charge is 2.38. The number of nitrogens with one attached hydrogen (secondary N) is 3. The van der Waals surface area contributed by atoms with Crippen LogP contribution in [0, 0.1) is 5.82 Å². The zero-order valence-corrected chi connectivity index (χ0v) is 26.9. The molecule has 0 radical (unpaired) electrons. The van der Waals surface area contributed by atoms with E-state index in [0.29, 0.717) is 49.7 Å². The first-order valence-electron chi connectivity index (χ1n) is 15.8. The van der Waals surface area contributed by atoms with Crippen LogP contribution in [0.4, 0.5) is 14.9 Å². The van der Waals surface area contributed by atoms with Crippen LogP contribution in [0.1, 0.15) is 68.4 Å². The molecule has 0 aromatic heterocycles. The Morgan fingerprint density at radius 1 is 1.11 bits per heavy atom. The zero-order chi connectivity index (χ0) is 32.0. The lowest BCUT2D eigenvalue weighted by Gasteiger charge is -2.49. The molecule has 248 valence electrons. The number of carbonyl (C=O) groups is 2. The Kier molecular flexibility index (Phi) is 11.6. The van der Waals surface area contributed by atoms with Crippen LogP contribution in [-0.4, -0.2) is 80.2 Å². The second kappa shape index (κ2) is 15.4. The van der Waals surface area contributed by atoms with Crippen molar-refractivity contribution in [3.8, 4) is 0 Å². The van der Waals surface area contributed by atoms with Crippen LogP contribution >= 0.6 is 22.4 Å². The highest BCUT2D eigenvalue weighted by molar-refractivity contribution is 8.22. The summed E-state index contributed by atoms with van der Waals surface area (Å²) < 4.78 is 44.6. The van der Waals surface area contributed by atoms with Gasteiger partial charge in [-0.15, -0.1) is 10.8 Å². The predicted molar refractivity (Wildman–Crippen MR) is 175 cm³/mol. The third kappa shape index (κ3) is 8.88. The highest BCUT2D eigenvalue weighted by Crippen LogP contribution is 2.49. The van der Waals surface area contributed by atoms with Crippen LogP contribution in [0.3, 0.4) is 0 Å². The molecule has 5 rings (SSSR count). The molecule has 2 aromatic rings. The highest BCUT2D eigenvalue weighted by atomic mass is 35.5. The van der Waals surface area contributed by atoms with Crippen molar-refractivity contribution in [2.75, 3.05) is 30.8 Å². The van der Waals surface area contributed by atoms with E-state index in [1.807, 2.05) is 0 Å². The van der Waals surface area contributed by atoms with E-state index < -0.39 is 40.6 Å². The van der Waals surface area contributed by atoms with Gasteiger partial charge in [-0.3, -0.25) is 13.9 Å². The van der Waals surface area contributed by atoms with Gasteiger partial charge in [0.05, 0.1) is 11.9 Å². The molecule has 3 fully saturated rings. The molecule has 4 unspecified atom stereocenters. The van der Waals surface area contributed by atoms with Crippen LogP contribution < -0.4 is 16.0 Å². The summed E-state index contributed by atoms with van der Waals surface area (Å²) in [4.78, 5) is 25.9. The Morgan fingerprint density at radius 2 is 1.91 bits per heavy atom. The van der Waals surface area contributed by atoms with E-state index in [1.165, 1.54) is 12.1 Å². The van der Waals surface area contributed by atoms with Crippen molar-refractivity contribution < 1.29 is 32.9 Å². The van der Waals surface area contributed by atoms with Crippen LogP contribution in [0.2, 0.25) is 5.02 Å². The minimum atomic E-state index is -2.91. The molecule has 0 spiro atoms. The summed E-state index contributed by atoms with van der Waals surface area (Å²) in [6, 6.07) is 10.2. The standard InChI is InChI=1S/C32H44ClFN4O6S/c33-22-11-9-21(10-12-22)26(16-14-25-6-1-2-17-44-25)30(37-32(40)41)31(39)36-29-8-3-7-28(34)27(29)15-13-24-19-35-23-5-4-18-45(42,43)38(24)20-23/h3,7-12,23-26,30,35,37,42-43H,1-2,4-6,13-20H2,(H,36,39)(H,40,41)/t23?,24?,25?,26-,30-/m1/s1. The third-order valence-corrected chi connectivity index (χ3v) is 11.5. The van der Waals surface area contributed by atoms with Gasteiger partial charge in [-0.2, -0.15) is 0 Å². The van der Waals surface area contributed by atoms with Crippen LogP contribution in [0.15, 0.2) is 42.5 Å². The molecule has 2 aromatic carbocycles. The summed E-state index contributed by atoms with van der Waals surface area (Å²) >= 11 is 6.14. The largest absolute Gasteiger partial charge is 0.465 e. The number of amides is 2. The first-order valence-corrected chi connectivity index (χ1v) is 17.9. The molecule has 45 heavy (non-hydrogen) atoms. The van der Waals surface area contributed by atoms with Crippen molar-refractivity contribution in [3.63, 3.8) is 0 Å². The van der Waals surface area contributed by atoms with Gasteiger partial charge in [0, 0.05) is 54.0 Å². The van der Waals surface area contributed by atoms with Crippen molar-refractivity contribution >= 4 is 40.1 Å². The average Bonchev–Trinajstić information content (AvgIpc) is 3.13.